The fourth-order valence-electron chi connectivity index (χ4n) is 2.39. The molecule has 7 nitrogen and oxygen atoms in total. The van der Waals surface area contributed by atoms with Gasteiger partial charge in [0.15, 0.2) is 0 Å². The van der Waals surface area contributed by atoms with Crippen molar-refractivity contribution in [1.82, 2.24) is 5.32 Å². The van der Waals surface area contributed by atoms with Gasteiger partial charge in [-0.25, -0.2) is 9.59 Å². The quantitative estimate of drug-likeness (QED) is 0.524. The number of carboxylic acid groups (broad SMARTS) is 1. The minimum Gasteiger partial charge on any atom is -0.481 e. The maximum Gasteiger partial charge on any atom is 0.410 e. The number of ether oxygens (including phenoxy) is 2. The molecule has 0 spiro atoms. The second-order valence-electron chi connectivity index (χ2n) is 6.22. The Labute approximate surface area is 147 Å². The molecule has 0 saturated heterocycles. The van der Waals surface area contributed by atoms with Gasteiger partial charge < -0.3 is 19.9 Å². The van der Waals surface area contributed by atoms with E-state index in [1.807, 2.05) is 13.8 Å². The Kier molecular flexibility index (Phi) is 8.46. The van der Waals surface area contributed by atoms with Crippen molar-refractivity contribution >= 4 is 18.0 Å². The molecule has 0 aliphatic heterocycles. The van der Waals surface area contributed by atoms with Crippen LogP contribution in [0.3, 0.4) is 0 Å². The lowest BCUT2D eigenvalue weighted by molar-refractivity contribution is -0.138. The number of hydrogen-bond acceptors (Lipinski definition) is 5. The lowest BCUT2D eigenvalue weighted by Crippen LogP contribution is -2.34. The Bertz CT molecular complexity index is 572. The van der Waals surface area contributed by atoms with Gasteiger partial charge in [-0.3, -0.25) is 4.79 Å². The van der Waals surface area contributed by atoms with Crippen molar-refractivity contribution in [3.8, 4) is 0 Å². The van der Waals surface area contributed by atoms with Crippen LogP contribution in [0.2, 0.25) is 0 Å². The van der Waals surface area contributed by atoms with Crippen molar-refractivity contribution in [2.45, 2.75) is 39.9 Å². The molecule has 0 heterocycles. The standard InChI is InChI=1S/C18H25NO6/c1-12(2)9-14(10-16(20)21)11-19-18(23)25-13(3)24-17(22)15-7-5-4-6-8-15/h4-8,12-14H,9-11H2,1-3H3,(H,19,23)(H,20,21)/t13?,14-/m0/s1. The van der Waals surface area contributed by atoms with E-state index < -0.39 is 24.3 Å². The zero-order valence-corrected chi connectivity index (χ0v) is 14.7. The third-order valence-corrected chi connectivity index (χ3v) is 3.36. The molecule has 25 heavy (non-hydrogen) atoms. The monoisotopic (exact) mass is 351 g/mol. The lowest BCUT2D eigenvalue weighted by atomic mass is 9.94. The highest BCUT2D eigenvalue weighted by atomic mass is 16.7. The van der Waals surface area contributed by atoms with Crippen LogP contribution in [0.25, 0.3) is 0 Å². The van der Waals surface area contributed by atoms with Gasteiger partial charge in [0.1, 0.15) is 0 Å². The number of hydrogen-bond donors (Lipinski definition) is 2. The van der Waals surface area contributed by atoms with Gasteiger partial charge in [-0.05, 0) is 30.4 Å². The summed E-state index contributed by atoms with van der Waals surface area (Å²) in [4.78, 5) is 34.5. The lowest BCUT2D eigenvalue weighted by Gasteiger charge is -2.19. The third-order valence-electron chi connectivity index (χ3n) is 3.36. The molecule has 0 aliphatic rings. The molecule has 0 saturated carbocycles. The van der Waals surface area contributed by atoms with E-state index in [9.17, 15) is 14.4 Å². The van der Waals surface area contributed by atoms with Gasteiger partial charge in [-0.2, -0.15) is 0 Å². The number of carboxylic acids is 1. The molecule has 0 radical (unpaired) electrons. The van der Waals surface area contributed by atoms with Gasteiger partial charge >= 0.3 is 18.0 Å². The van der Waals surface area contributed by atoms with Crippen molar-refractivity contribution < 1.29 is 29.0 Å². The Hall–Kier alpha value is -2.57. The maximum absolute atomic E-state index is 11.8. The van der Waals surface area contributed by atoms with E-state index in [-0.39, 0.29) is 18.9 Å². The predicted octanol–water partition coefficient (Wildman–Crippen LogP) is 3.05. The number of aliphatic carboxylic acids is 1. The van der Waals surface area contributed by atoms with Crippen molar-refractivity contribution in [1.29, 1.82) is 0 Å². The van der Waals surface area contributed by atoms with Gasteiger partial charge in [0.05, 0.1) is 5.56 Å². The van der Waals surface area contributed by atoms with Crippen LogP contribution < -0.4 is 5.32 Å². The summed E-state index contributed by atoms with van der Waals surface area (Å²) in [6.45, 7) is 5.59. The number of benzene rings is 1. The van der Waals surface area contributed by atoms with Gasteiger partial charge in [-0.1, -0.05) is 32.0 Å². The Balaban J connectivity index is 2.41. The fraction of sp³-hybridized carbons (Fsp3) is 0.500. The zero-order chi connectivity index (χ0) is 18.8. The number of alkyl carbamates (subject to hydrolysis) is 1. The molecular weight excluding hydrogens is 326 g/mol. The first-order valence-electron chi connectivity index (χ1n) is 8.20. The first kappa shape index (κ1) is 20.5. The van der Waals surface area contributed by atoms with E-state index in [0.29, 0.717) is 17.9 Å². The van der Waals surface area contributed by atoms with Crippen LogP contribution in [0.1, 0.15) is 44.0 Å². The Morgan fingerprint density at radius 2 is 1.72 bits per heavy atom. The van der Waals surface area contributed by atoms with Crippen molar-refractivity contribution in [2.24, 2.45) is 11.8 Å². The molecule has 0 fully saturated rings. The summed E-state index contributed by atoms with van der Waals surface area (Å²) in [5, 5.41) is 11.4. The molecule has 1 aromatic carbocycles. The molecular formula is C18H25NO6. The van der Waals surface area contributed by atoms with Crippen LogP contribution in [-0.4, -0.2) is 36.0 Å². The summed E-state index contributed by atoms with van der Waals surface area (Å²) in [5.41, 5.74) is 0.358. The SMILES string of the molecule is CC(C)C[C@H](CNC(=O)OC(C)OC(=O)c1ccccc1)CC(=O)O. The summed E-state index contributed by atoms with van der Waals surface area (Å²) >= 11 is 0. The Morgan fingerprint density at radius 3 is 2.28 bits per heavy atom. The van der Waals surface area contributed by atoms with Gasteiger partial charge in [0.25, 0.3) is 0 Å². The maximum atomic E-state index is 11.8. The summed E-state index contributed by atoms with van der Waals surface area (Å²) < 4.78 is 9.99. The van der Waals surface area contributed by atoms with E-state index in [1.54, 1.807) is 30.3 Å². The van der Waals surface area contributed by atoms with Crippen molar-refractivity contribution in [2.75, 3.05) is 6.54 Å². The van der Waals surface area contributed by atoms with Crippen LogP contribution in [0, 0.1) is 11.8 Å². The van der Waals surface area contributed by atoms with Crippen molar-refractivity contribution in [3.63, 3.8) is 0 Å². The minimum absolute atomic E-state index is 0.0307. The number of rotatable bonds is 9. The molecule has 1 aromatic rings. The fourth-order valence-corrected chi connectivity index (χ4v) is 2.39. The third kappa shape index (κ3) is 8.74. The summed E-state index contributed by atoms with van der Waals surface area (Å²) in [6.07, 6.45) is -1.18. The second-order valence-corrected chi connectivity index (χ2v) is 6.22. The average molecular weight is 351 g/mol. The number of amides is 1. The first-order chi connectivity index (χ1) is 11.8. The van der Waals surface area contributed by atoms with Crippen LogP contribution in [-0.2, 0) is 14.3 Å². The van der Waals surface area contributed by atoms with Crippen LogP contribution >= 0.6 is 0 Å². The molecule has 2 atom stereocenters. The van der Waals surface area contributed by atoms with Gasteiger partial charge in [0, 0.05) is 19.9 Å². The molecule has 1 rings (SSSR count). The van der Waals surface area contributed by atoms with Gasteiger partial charge in [0.2, 0.25) is 6.29 Å². The molecule has 0 aromatic heterocycles. The number of carbonyl (C=O) groups excluding carboxylic acids is 2. The molecule has 2 N–H and O–H groups in total. The topological polar surface area (TPSA) is 102 Å². The molecule has 138 valence electrons. The highest BCUT2D eigenvalue weighted by molar-refractivity contribution is 5.89. The summed E-state index contributed by atoms with van der Waals surface area (Å²) in [5.74, 6) is -1.38. The molecule has 1 unspecified atom stereocenters. The normalized spacial score (nSPS) is 13.0. The van der Waals surface area contributed by atoms with Crippen LogP contribution in [0.5, 0.6) is 0 Å². The summed E-state index contributed by atoms with van der Waals surface area (Å²) in [6, 6.07) is 8.36. The molecule has 0 bridgehead atoms. The van der Waals surface area contributed by atoms with E-state index >= 15 is 0 Å². The van der Waals surface area contributed by atoms with Crippen LogP contribution in [0.4, 0.5) is 4.79 Å². The number of carbonyl (C=O) groups is 3. The highest BCUT2D eigenvalue weighted by Gasteiger charge is 2.19. The second kappa shape index (κ2) is 10.3. The van der Waals surface area contributed by atoms with Crippen molar-refractivity contribution in [3.05, 3.63) is 35.9 Å². The largest absolute Gasteiger partial charge is 0.481 e. The molecule has 0 aliphatic carbocycles. The van der Waals surface area contributed by atoms with E-state index in [2.05, 4.69) is 5.32 Å². The number of esters is 1. The average Bonchev–Trinajstić information content (AvgIpc) is 2.52. The molecule has 7 heteroatoms. The van der Waals surface area contributed by atoms with E-state index in [1.165, 1.54) is 6.92 Å². The zero-order valence-electron chi connectivity index (χ0n) is 14.7. The minimum atomic E-state index is -1.06. The molecule has 1 amide bonds. The first-order valence-corrected chi connectivity index (χ1v) is 8.20. The smallest absolute Gasteiger partial charge is 0.410 e. The van der Waals surface area contributed by atoms with E-state index in [0.717, 1.165) is 0 Å². The highest BCUT2D eigenvalue weighted by Crippen LogP contribution is 2.15. The Morgan fingerprint density at radius 1 is 1.08 bits per heavy atom. The predicted molar refractivity (Wildman–Crippen MR) is 91.0 cm³/mol. The van der Waals surface area contributed by atoms with E-state index in [4.69, 9.17) is 14.6 Å². The van der Waals surface area contributed by atoms with Crippen LogP contribution in [0.15, 0.2) is 30.3 Å². The summed E-state index contributed by atoms with van der Waals surface area (Å²) in [7, 11) is 0. The van der Waals surface area contributed by atoms with Gasteiger partial charge in [-0.15, -0.1) is 0 Å². The number of nitrogens with one attached hydrogen (secondary N) is 1.